The van der Waals surface area contributed by atoms with Gasteiger partial charge in [0, 0.05) is 38.8 Å². The van der Waals surface area contributed by atoms with Crippen molar-refractivity contribution < 1.29 is 14.4 Å². The molecule has 0 bridgehead atoms. The van der Waals surface area contributed by atoms with Gasteiger partial charge in [-0.2, -0.15) is 0 Å². The number of carbonyl (C=O) groups is 1. The molecule has 140 valence electrons. The summed E-state index contributed by atoms with van der Waals surface area (Å²) in [6.45, 7) is 8.11. The van der Waals surface area contributed by atoms with Gasteiger partial charge in [0.05, 0.1) is 12.6 Å². The van der Waals surface area contributed by atoms with Gasteiger partial charge in [0.15, 0.2) is 11.5 Å². The summed E-state index contributed by atoms with van der Waals surface area (Å²) in [7, 11) is 0. The first kappa shape index (κ1) is 18.6. The van der Waals surface area contributed by atoms with Crippen LogP contribution in [-0.4, -0.2) is 65.2 Å². The minimum atomic E-state index is -0.749. The normalized spacial score (nSPS) is 17.2. The summed E-state index contributed by atoms with van der Waals surface area (Å²) in [6, 6.07) is 10.9. The van der Waals surface area contributed by atoms with E-state index in [1.165, 1.54) is 0 Å². The van der Waals surface area contributed by atoms with E-state index in [0.29, 0.717) is 12.3 Å². The lowest BCUT2D eigenvalue weighted by Crippen LogP contribution is -2.45. The van der Waals surface area contributed by atoms with Crippen molar-refractivity contribution in [2.45, 2.75) is 19.6 Å². The van der Waals surface area contributed by atoms with Gasteiger partial charge in [0.25, 0.3) is 5.91 Å². The van der Waals surface area contributed by atoms with E-state index >= 15 is 0 Å². The van der Waals surface area contributed by atoms with Crippen LogP contribution in [0.25, 0.3) is 0 Å². The molecule has 0 radical (unpaired) electrons. The number of aromatic nitrogens is 1. The molecule has 1 amide bonds. The highest BCUT2D eigenvalue weighted by molar-refractivity contribution is 5.92. The summed E-state index contributed by atoms with van der Waals surface area (Å²) in [5.41, 5.74) is 1.01. The number of hydrogen-bond donors (Lipinski definition) is 2. The van der Waals surface area contributed by atoms with Crippen molar-refractivity contribution in [3.05, 3.63) is 53.4 Å². The molecular weight excluding hydrogens is 332 g/mol. The molecular formula is C19H26N4O3. The van der Waals surface area contributed by atoms with Gasteiger partial charge < -0.3 is 19.8 Å². The molecule has 7 heteroatoms. The molecule has 0 spiro atoms. The minimum absolute atomic E-state index is 0.129. The number of nitrogens with zero attached hydrogens (tertiary/aromatic N) is 3. The maximum absolute atomic E-state index is 12.2. The molecule has 26 heavy (non-hydrogen) atoms. The molecule has 1 aliphatic rings. The van der Waals surface area contributed by atoms with Crippen molar-refractivity contribution in [3.63, 3.8) is 0 Å². The minimum Gasteiger partial charge on any atom is -0.387 e. The third-order valence-electron chi connectivity index (χ3n) is 4.72. The van der Waals surface area contributed by atoms with Crippen LogP contribution in [-0.2, 0) is 6.54 Å². The Bertz CT molecular complexity index is 696. The van der Waals surface area contributed by atoms with Crippen LogP contribution in [0.15, 0.2) is 40.9 Å². The zero-order valence-electron chi connectivity index (χ0n) is 15.1. The van der Waals surface area contributed by atoms with Gasteiger partial charge in [-0.25, -0.2) is 0 Å². The number of carbonyl (C=O) groups excluding carboxylic acids is 1. The molecule has 0 unspecified atom stereocenters. The second-order valence-corrected chi connectivity index (χ2v) is 6.53. The Morgan fingerprint density at radius 3 is 2.62 bits per heavy atom. The summed E-state index contributed by atoms with van der Waals surface area (Å²) in [5, 5.41) is 16.7. The Morgan fingerprint density at radius 1 is 1.23 bits per heavy atom. The Balaban J connectivity index is 1.47. The van der Waals surface area contributed by atoms with Crippen molar-refractivity contribution >= 4 is 5.91 Å². The van der Waals surface area contributed by atoms with E-state index in [4.69, 9.17) is 4.52 Å². The molecule has 1 aliphatic heterocycles. The zero-order chi connectivity index (χ0) is 18.4. The molecule has 7 nitrogen and oxygen atoms in total. The first-order chi connectivity index (χ1) is 12.7. The second-order valence-electron chi connectivity index (χ2n) is 6.53. The van der Waals surface area contributed by atoms with Gasteiger partial charge in [-0.05, 0) is 12.1 Å². The Morgan fingerprint density at radius 2 is 1.92 bits per heavy atom. The molecule has 2 aromatic rings. The lowest BCUT2D eigenvalue weighted by atomic mass is 10.1. The Hall–Kier alpha value is -2.22. The van der Waals surface area contributed by atoms with Crippen LogP contribution in [0, 0.1) is 0 Å². The monoisotopic (exact) mass is 358 g/mol. The number of likely N-dealkylation sites (N-methyl/N-ethyl adjacent to an activating group) is 1. The highest BCUT2D eigenvalue weighted by Crippen LogP contribution is 2.12. The Kier molecular flexibility index (Phi) is 6.38. The fraction of sp³-hybridized carbons (Fsp3) is 0.474. The third-order valence-corrected chi connectivity index (χ3v) is 4.72. The van der Waals surface area contributed by atoms with Crippen LogP contribution >= 0.6 is 0 Å². The highest BCUT2D eigenvalue weighted by Gasteiger charge is 2.19. The molecule has 1 saturated heterocycles. The molecule has 3 rings (SSSR count). The third kappa shape index (κ3) is 4.91. The topological polar surface area (TPSA) is 81.8 Å². The summed E-state index contributed by atoms with van der Waals surface area (Å²) in [4.78, 5) is 16.9. The number of amides is 1. The summed E-state index contributed by atoms with van der Waals surface area (Å²) in [6.07, 6.45) is -0.749. The quantitative estimate of drug-likeness (QED) is 0.776. The van der Waals surface area contributed by atoms with Gasteiger partial charge in [0.1, 0.15) is 0 Å². The van der Waals surface area contributed by atoms with Gasteiger partial charge in [0.2, 0.25) is 0 Å². The zero-order valence-corrected chi connectivity index (χ0v) is 15.1. The SMILES string of the molecule is CCN1CCN(Cc2cc(C(=O)NC[C@@H](O)c3ccccc3)no2)CC1. The fourth-order valence-corrected chi connectivity index (χ4v) is 3.05. The van der Waals surface area contributed by atoms with Crippen LogP contribution < -0.4 is 5.32 Å². The number of hydrogen-bond acceptors (Lipinski definition) is 6. The molecule has 1 aromatic carbocycles. The predicted octanol–water partition coefficient (Wildman–Crippen LogP) is 1.28. The average molecular weight is 358 g/mol. The highest BCUT2D eigenvalue weighted by atomic mass is 16.5. The van der Waals surface area contributed by atoms with Crippen molar-refractivity contribution in [2.75, 3.05) is 39.3 Å². The average Bonchev–Trinajstić information content (AvgIpc) is 3.15. The molecule has 2 heterocycles. The number of aliphatic hydroxyl groups excluding tert-OH is 1. The number of benzene rings is 1. The van der Waals surface area contributed by atoms with E-state index in [0.717, 1.165) is 38.3 Å². The molecule has 1 atom stereocenters. The van der Waals surface area contributed by atoms with E-state index in [1.54, 1.807) is 6.07 Å². The van der Waals surface area contributed by atoms with E-state index in [1.807, 2.05) is 30.3 Å². The van der Waals surface area contributed by atoms with Crippen LogP contribution in [0.2, 0.25) is 0 Å². The second kappa shape index (κ2) is 8.93. The summed E-state index contributed by atoms with van der Waals surface area (Å²) < 4.78 is 5.30. The largest absolute Gasteiger partial charge is 0.387 e. The van der Waals surface area contributed by atoms with E-state index in [-0.39, 0.29) is 18.1 Å². The maximum atomic E-state index is 12.2. The predicted molar refractivity (Wildman–Crippen MR) is 97.6 cm³/mol. The molecule has 1 aromatic heterocycles. The number of aliphatic hydroxyl groups is 1. The first-order valence-electron chi connectivity index (χ1n) is 9.07. The number of nitrogens with one attached hydrogen (secondary N) is 1. The van der Waals surface area contributed by atoms with Gasteiger partial charge >= 0.3 is 0 Å². The van der Waals surface area contributed by atoms with Crippen molar-refractivity contribution in [3.8, 4) is 0 Å². The maximum Gasteiger partial charge on any atom is 0.273 e. The van der Waals surface area contributed by atoms with E-state index in [9.17, 15) is 9.90 Å². The van der Waals surface area contributed by atoms with Gasteiger partial charge in [-0.15, -0.1) is 0 Å². The van der Waals surface area contributed by atoms with E-state index in [2.05, 4.69) is 27.2 Å². The summed E-state index contributed by atoms with van der Waals surface area (Å²) >= 11 is 0. The van der Waals surface area contributed by atoms with E-state index < -0.39 is 6.10 Å². The Labute approximate surface area is 153 Å². The molecule has 2 N–H and O–H groups in total. The number of piperazine rings is 1. The first-order valence-corrected chi connectivity index (χ1v) is 9.07. The van der Waals surface area contributed by atoms with Crippen LogP contribution in [0.3, 0.4) is 0 Å². The smallest absolute Gasteiger partial charge is 0.273 e. The van der Waals surface area contributed by atoms with Crippen LogP contribution in [0.4, 0.5) is 0 Å². The molecule has 1 fully saturated rings. The van der Waals surface area contributed by atoms with Crippen LogP contribution in [0.5, 0.6) is 0 Å². The van der Waals surface area contributed by atoms with Crippen molar-refractivity contribution in [2.24, 2.45) is 0 Å². The van der Waals surface area contributed by atoms with Gasteiger partial charge in [-0.1, -0.05) is 42.4 Å². The summed E-state index contributed by atoms with van der Waals surface area (Å²) in [5.74, 6) is 0.342. The number of rotatable bonds is 7. The van der Waals surface area contributed by atoms with Crippen molar-refractivity contribution in [1.82, 2.24) is 20.3 Å². The fourth-order valence-electron chi connectivity index (χ4n) is 3.05. The lowest BCUT2D eigenvalue weighted by molar-refractivity contribution is 0.0907. The standard InChI is InChI=1S/C19H26N4O3/c1-2-22-8-10-23(11-9-22)14-16-12-17(21-26-16)19(25)20-13-18(24)15-6-4-3-5-7-15/h3-7,12,18,24H,2,8-11,13-14H2,1H3,(H,20,25)/t18-/m1/s1. The lowest BCUT2D eigenvalue weighted by Gasteiger charge is -2.33. The van der Waals surface area contributed by atoms with Gasteiger partial charge in [-0.3, -0.25) is 9.69 Å². The molecule has 0 saturated carbocycles. The van der Waals surface area contributed by atoms with Crippen LogP contribution in [0.1, 0.15) is 34.8 Å². The molecule has 0 aliphatic carbocycles. The van der Waals surface area contributed by atoms with Crippen molar-refractivity contribution in [1.29, 1.82) is 0 Å².